The van der Waals surface area contributed by atoms with Crippen LogP contribution in [0.25, 0.3) is 11.0 Å². The van der Waals surface area contributed by atoms with Crippen molar-refractivity contribution in [1.29, 1.82) is 0 Å². The van der Waals surface area contributed by atoms with E-state index in [0.717, 1.165) is 28.6 Å². The van der Waals surface area contributed by atoms with Gasteiger partial charge in [-0.3, -0.25) is 9.97 Å². The van der Waals surface area contributed by atoms with Crippen molar-refractivity contribution >= 4 is 48.6 Å². The molecule has 1 aliphatic heterocycles. The second kappa shape index (κ2) is 5.13. The van der Waals surface area contributed by atoms with E-state index in [1.54, 1.807) is 0 Å². The van der Waals surface area contributed by atoms with Crippen LogP contribution in [0.5, 0.6) is 0 Å². The van der Waals surface area contributed by atoms with Crippen molar-refractivity contribution in [2.24, 2.45) is 0 Å². The Labute approximate surface area is 123 Å². The standard InChI is InChI=1S/C13H13Br2N3/c14-9-2-1-5-18(8-9)12-3-4-16-11-6-10(15)7-17-13(11)12/h3-4,6-7,9H,1-2,5,8H2. The van der Waals surface area contributed by atoms with Crippen LogP contribution >= 0.6 is 31.9 Å². The molecular formula is C13H13Br2N3. The van der Waals surface area contributed by atoms with Gasteiger partial charge in [0, 0.05) is 34.8 Å². The van der Waals surface area contributed by atoms with E-state index < -0.39 is 0 Å². The van der Waals surface area contributed by atoms with E-state index >= 15 is 0 Å². The Morgan fingerprint density at radius 1 is 1.33 bits per heavy atom. The minimum Gasteiger partial charge on any atom is -0.369 e. The third-order valence-electron chi connectivity index (χ3n) is 3.23. The lowest BCUT2D eigenvalue weighted by Crippen LogP contribution is -2.35. The van der Waals surface area contributed by atoms with Gasteiger partial charge in [-0.2, -0.15) is 0 Å². The molecule has 3 heterocycles. The van der Waals surface area contributed by atoms with Gasteiger partial charge in [-0.1, -0.05) is 15.9 Å². The lowest BCUT2D eigenvalue weighted by Gasteiger charge is -2.32. The Hall–Kier alpha value is -0.680. The van der Waals surface area contributed by atoms with E-state index in [1.165, 1.54) is 18.5 Å². The molecule has 1 unspecified atom stereocenters. The molecule has 2 aromatic heterocycles. The average Bonchev–Trinajstić information content (AvgIpc) is 2.37. The monoisotopic (exact) mass is 369 g/mol. The van der Waals surface area contributed by atoms with E-state index in [9.17, 15) is 0 Å². The maximum Gasteiger partial charge on any atom is 0.112 e. The molecule has 3 rings (SSSR count). The van der Waals surface area contributed by atoms with Crippen molar-refractivity contribution in [2.75, 3.05) is 18.0 Å². The summed E-state index contributed by atoms with van der Waals surface area (Å²) in [6.07, 6.45) is 6.17. The van der Waals surface area contributed by atoms with E-state index in [-0.39, 0.29) is 0 Å². The molecule has 94 valence electrons. The minimum atomic E-state index is 0.574. The number of aromatic nitrogens is 2. The number of rotatable bonds is 1. The van der Waals surface area contributed by atoms with E-state index in [0.29, 0.717) is 4.83 Å². The predicted octanol–water partition coefficient (Wildman–Crippen LogP) is 3.76. The first-order valence-corrected chi connectivity index (χ1v) is 7.74. The van der Waals surface area contributed by atoms with E-state index in [4.69, 9.17) is 0 Å². The van der Waals surface area contributed by atoms with Crippen LogP contribution in [0.4, 0.5) is 5.69 Å². The molecule has 0 bridgehead atoms. The quantitative estimate of drug-likeness (QED) is 0.715. The van der Waals surface area contributed by atoms with E-state index in [1.807, 2.05) is 18.5 Å². The molecule has 1 saturated heterocycles. The highest BCUT2D eigenvalue weighted by Crippen LogP contribution is 2.29. The number of hydrogen-bond donors (Lipinski definition) is 0. The smallest absolute Gasteiger partial charge is 0.112 e. The molecule has 1 aliphatic rings. The van der Waals surface area contributed by atoms with Crippen LogP contribution in [0, 0.1) is 0 Å². The fourth-order valence-electron chi connectivity index (χ4n) is 2.39. The minimum absolute atomic E-state index is 0.574. The van der Waals surface area contributed by atoms with Crippen molar-refractivity contribution in [1.82, 2.24) is 9.97 Å². The summed E-state index contributed by atoms with van der Waals surface area (Å²) < 4.78 is 0.969. The maximum atomic E-state index is 4.51. The van der Waals surface area contributed by atoms with Gasteiger partial charge < -0.3 is 4.90 Å². The molecule has 0 saturated carbocycles. The SMILES string of the molecule is Brc1cnc2c(N3CCCC(Br)C3)ccnc2c1. The number of pyridine rings is 2. The summed E-state index contributed by atoms with van der Waals surface area (Å²) in [5.74, 6) is 0. The third kappa shape index (κ3) is 2.38. The Balaban J connectivity index is 2.05. The summed E-state index contributed by atoms with van der Waals surface area (Å²) in [5, 5.41) is 0. The molecule has 2 aromatic rings. The van der Waals surface area contributed by atoms with Gasteiger partial charge in [0.2, 0.25) is 0 Å². The Bertz CT molecular complexity index is 573. The second-order valence-corrected chi connectivity index (χ2v) is 6.75. The van der Waals surface area contributed by atoms with Crippen LogP contribution in [0.3, 0.4) is 0 Å². The van der Waals surface area contributed by atoms with Crippen LogP contribution in [0.2, 0.25) is 0 Å². The van der Waals surface area contributed by atoms with Crippen LogP contribution in [0.15, 0.2) is 29.0 Å². The largest absolute Gasteiger partial charge is 0.369 e. The van der Waals surface area contributed by atoms with E-state index in [2.05, 4.69) is 52.8 Å². The number of nitrogens with zero attached hydrogens (tertiary/aromatic N) is 3. The van der Waals surface area contributed by atoms with Gasteiger partial charge in [0.1, 0.15) is 5.52 Å². The molecule has 0 amide bonds. The lowest BCUT2D eigenvalue weighted by molar-refractivity contribution is 0.597. The first kappa shape index (κ1) is 12.4. The molecule has 0 aromatic carbocycles. The molecule has 18 heavy (non-hydrogen) atoms. The summed E-state index contributed by atoms with van der Waals surface area (Å²) in [6.45, 7) is 2.13. The first-order chi connectivity index (χ1) is 8.74. The van der Waals surface area contributed by atoms with Gasteiger partial charge in [0.15, 0.2) is 0 Å². The van der Waals surface area contributed by atoms with Gasteiger partial charge in [-0.05, 0) is 40.9 Å². The summed E-state index contributed by atoms with van der Waals surface area (Å²) in [5.41, 5.74) is 3.12. The Kier molecular flexibility index (Phi) is 3.52. The molecule has 1 fully saturated rings. The van der Waals surface area contributed by atoms with Crippen LogP contribution in [0.1, 0.15) is 12.8 Å². The summed E-state index contributed by atoms with van der Waals surface area (Å²) in [6, 6.07) is 4.08. The molecular weight excluding hydrogens is 358 g/mol. The van der Waals surface area contributed by atoms with Gasteiger partial charge >= 0.3 is 0 Å². The second-order valence-electron chi connectivity index (χ2n) is 4.54. The average molecular weight is 371 g/mol. The summed E-state index contributed by atoms with van der Waals surface area (Å²) in [7, 11) is 0. The van der Waals surface area contributed by atoms with Crippen LogP contribution < -0.4 is 4.90 Å². The van der Waals surface area contributed by atoms with Gasteiger partial charge in [0.25, 0.3) is 0 Å². The summed E-state index contributed by atoms with van der Waals surface area (Å²) >= 11 is 7.16. The Morgan fingerprint density at radius 2 is 2.22 bits per heavy atom. The number of halogens is 2. The summed E-state index contributed by atoms with van der Waals surface area (Å²) in [4.78, 5) is 11.9. The molecule has 3 nitrogen and oxygen atoms in total. The van der Waals surface area contributed by atoms with Gasteiger partial charge in [-0.25, -0.2) is 0 Å². The normalized spacial score (nSPS) is 20.3. The van der Waals surface area contributed by atoms with Gasteiger partial charge in [-0.15, -0.1) is 0 Å². The number of anilines is 1. The molecule has 0 N–H and O–H groups in total. The molecule has 1 atom stereocenters. The van der Waals surface area contributed by atoms with Crippen molar-refractivity contribution < 1.29 is 0 Å². The number of hydrogen-bond acceptors (Lipinski definition) is 3. The molecule has 0 spiro atoms. The zero-order chi connectivity index (χ0) is 12.5. The van der Waals surface area contributed by atoms with Crippen molar-refractivity contribution in [3.05, 3.63) is 29.0 Å². The third-order valence-corrected chi connectivity index (χ3v) is 4.41. The fraction of sp³-hybridized carbons (Fsp3) is 0.385. The molecule has 0 radical (unpaired) electrons. The number of alkyl halides is 1. The number of fused-ring (bicyclic) bond motifs is 1. The highest BCUT2D eigenvalue weighted by atomic mass is 79.9. The van der Waals surface area contributed by atoms with Crippen LogP contribution in [-0.4, -0.2) is 27.9 Å². The molecule has 0 aliphatic carbocycles. The fourth-order valence-corrected chi connectivity index (χ4v) is 3.38. The van der Waals surface area contributed by atoms with Crippen LogP contribution in [-0.2, 0) is 0 Å². The van der Waals surface area contributed by atoms with Crippen molar-refractivity contribution in [2.45, 2.75) is 17.7 Å². The lowest BCUT2D eigenvalue weighted by atomic mass is 10.1. The first-order valence-electron chi connectivity index (χ1n) is 6.03. The predicted molar refractivity (Wildman–Crippen MR) is 81.4 cm³/mol. The van der Waals surface area contributed by atoms with Gasteiger partial charge in [0.05, 0.1) is 11.2 Å². The Morgan fingerprint density at radius 3 is 3.06 bits per heavy atom. The van der Waals surface area contributed by atoms with Crippen molar-refractivity contribution in [3.63, 3.8) is 0 Å². The zero-order valence-electron chi connectivity index (χ0n) is 9.81. The number of piperidine rings is 1. The topological polar surface area (TPSA) is 29.0 Å². The zero-order valence-corrected chi connectivity index (χ0v) is 13.0. The van der Waals surface area contributed by atoms with Crippen molar-refractivity contribution in [3.8, 4) is 0 Å². The highest BCUT2D eigenvalue weighted by molar-refractivity contribution is 9.10. The highest BCUT2D eigenvalue weighted by Gasteiger charge is 2.19. The maximum absolute atomic E-state index is 4.51. The molecule has 5 heteroatoms.